The van der Waals surface area contributed by atoms with Gasteiger partial charge in [-0.15, -0.1) is 0 Å². The van der Waals surface area contributed by atoms with Gasteiger partial charge in [0.15, 0.2) is 0 Å². The van der Waals surface area contributed by atoms with Gasteiger partial charge in [-0.2, -0.15) is 4.57 Å². The molecule has 0 fully saturated rings. The van der Waals surface area contributed by atoms with E-state index >= 15 is 0 Å². The van der Waals surface area contributed by atoms with Gasteiger partial charge in [0, 0.05) is 23.6 Å². The van der Waals surface area contributed by atoms with E-state index in [0.717, 1.165) is 11.3 Å². The smallest absolute Gasteiger partial charge is 0.212 e. The van der Waals surface area contributed by atoms with Crippen molar-refractivity contribution >= 4 is 23.1 Å². The Morgan fingerprint density at radius 1 is 0.857 bits per heavy atom. The number of aryl methyl sites for hydroxylation is 1. The molecule has 3 heteroatoms. The molecule has 0 aliphatic heterocycles. The monoisotopic (exact) mass is 391 g/mol. The topological polar surface area (TPSA) is 3.88 Å². The molecule has 0 saturated heterocycles. The fraction of sp³-hybridized carbons (Fsp3) is 0.0556. The van der Waals surface area contributed by atoms with Gasteiger partial charge in [-0.05, 0) is 35.9 Å². The van der Waals surface area contributed by atoms with Gasteiger partial charge in [0.05, 0.1) is 0 Å². The number of pyridine rings is 1. The number of halogens is 2. The van der Waals surface area contributed by atoms with Gasteiger partial charge in [-0.3, -0.25) is 0 Å². The van der Waals surface area contributed by atoms with Crippen molar-refractivity contribution in [2.45, 2.75) is 0 Å². The van der Waals surface area contributed by atoms with Gasteiger partial charge in [0.2, 0.25) is 11.2 Å². The first kappa shape index (κ1) is 15.6. The second kappa shape index (κ2) is 6.80. The van der Waals surface area contributed by atoms with Crippen molar-refractivity contribution in [3.05, 3.63) is 77.7 Å². The minimum absolute atomic E-state index is 0. The number of hydrogen-bond donors (Lipinski definition) is 0. The van der Waals surface area contributed by atoms with Gasteiger partial charge in [-0.25, -0.2) is 4.39 Å². The zero-order chi connectivity index (χ0) is 13.9. The lowest BCUT2D eigenvalue weighted by molar-refractivity contribution is -0.646. The average Bonchev–Trinajstić information content (AvgIpc) is 2.49. The van der Waals surface area contributed by atoms with Crippen LogP contribution in [0, 0.1) is 5.82 Å². The zero-order valence-corrected chi connectivity index (χ0v) is 13.8. The third kappa shape index (κ3) is 3.47. The Labute approximate surface area is 140 Å². The van der Waals surface area contributed by atoms with Gasteiger partial charge >= 0.3 is 0 Å². The third-order valence-corrected chi connectivity index (χ3v) is 3.44. The number of rotatable bonds is 2. The molecule has 3 rings (SSSR count). The second-order valence-corrected chi connectivity index (χ2v) is 4.76. The molecule has 0 aliphatic carbocycles. The summed E-state index contributed by atoms with van der Waals surface area (Å²) in [4.78, 5) is 0. The van der Waals surface area contributed by atoms with Gasteiger partial charge < -0.3 is 24.0 Å². The second-order valence-electron chi connectivity index (χ2n) is 4.76. The van der Waals surface area contributed by atoms with E-state index in [1.54, 1.807) is 12.1 Å². The van der Waals surface area contributed by atoms with E-state index in [1.165, 1.54) is 23.0 Å². The molecule has 0 bridgehead atoms. The molecule has 106 valence electrons. The first-order valence-electron chi connectivity index (χ1n) is 6.55. The van der Waals surface area contributed by atoms with E-state index in [0.29, 0.717) is 0 Å². The van der Waals surface area contributed by atoms with Gasteiger partial charge in [-0.1, -0.05) is 24.3 Å². The highest BCUT2D eigenvalue weighted by atomic mass is 127. The van der Waals surface area contributed by atoms with Crippen molar-refractivity contribution in [3.63, 3.8) is 0 Å². The molecule has 0 amide bonds. The van der Waals surface area contributed by atoms with Gasteiger partial charge in [0.25, 0.3) is 0 Å². The maximum Gasteiger partial charge on any atom is 0.212 e. The van der Waals surface area contributed by atoms with Crippen LogP contribution in [0.25, 0.3) is 23.1 Å². The summed E-state index contributed by atoms with van der Waals surface area (Å²) < 4.78 is 15.0. The van der Waals surface area contributed by atoms with E-state index in [-0.39, 0.29) is 29.8 Å². The number of hydrogen-bond acceptors (Lipinski definition) is 0. The van der Waals surface area contributed by atoms with Gasteiger partial charge in [0.1, 0.15) is 12.9 Å². The summed E-state index contributed by atoms with van der Waals surface area (Å²) in [6.45, 7) is 0. The predicted octanol–water partition coefficient (Wildman–Crippen LogP) is 0.978. The normalized spacial score (nSPS) is 10.8. The highest BCUT2D eigenvalue weighted by Gasteiger charge is 2.07. The minimum Gasteiger partial charge on any atom is -1.00 e. The molecule has 2 aromatic carbocycles. The fourth-order valence-electron chi connectivity index (χ4n) is 2.28. The van der Waals surface area contributed by atoms with E-state index < -0.39 is 0 Å². The Bertz CT molecular complexity index is 779. The summed E-state index contributed by atoms with van der Waals surface area (Å²) in [5.41, 5.74) is 3.28. The Morgan fingerprint density at radius 2 is 1.57 bits per heavy atom. The molecule has 0 unspecified atom stereocenters. The number of aromatic nitrogens is 1. The Hall–Kier alpha value is -1.75. The molecule has 1 nitrogen and oxygen atoms in total. The van der Waals surface area contributed by atoms with E-state index in [2.05, 4.69) is 28.8 Å². The first-order valence-corrected chi connectivity index (χ1v) is 6.55. The van der Waals surface area contributed by atoms with Crippen LogP contribution in [0.3, 0.4) is 0 Å². The molecule has 0 aliphatic rings. The van der Waals surface area contributed by atoms with Crippen LogP contribution >= 0.6 is 0 Å². The fourth-order valence-corrected chi connectivity index (χ4v) is 2.28. The van der Waals surface area contributed by atoms with Crippen LogP contribution in [0.1, 0.15) is 11.3 Å². The lowest BCUT2D eigenvalue weighted by Crippen LogP contribution is -3.00. The number of benzene rings is 2. The number of nitrogens with zero attached hydrogens (tertiary/aromatic N) is 1. The van der Waals surface area contributed by atoms with Crippen molar-refractivity contribution in [2.75, 3.05) is 0 Å². The minimum atomic E-state index is -0.210. The van der Waals surface area contributed by atoms with E-state index in [9.17, 15) is 4.39 Å². The molecule has 1 heterocycles. The molecule has 0 spiro atoms. The molecule has 3 aromatic rings. The molecule has 21 heavy (non-hydrogen) atoms. The van der Waals surface area contributed by atoms with Crippen LogP contribution in [0.15, 0.2) is 60.7 Å². The summed E-state index contributed by atoms with van der Waals surface area (Å²) in [6.07, 6.45) is 4.03. The van der Waals surface area contributed by atoms with Crippen LogP contribution < -0.4 is 28.5 Å². The van der Waals surface area contributed by atoms with Crippen LogP contribution in [-0.2, 0) is 7.05 Å². The Balaban J connectivity index is 0.00000161. The zero-order valence-electron chi connectivity index (χ0n) is 11.6. The highest BCUT2D eigenvalue weighted by Crippen LogP contribution is 2.12. The predicted molar refractivity (Wildman–Crippen MR) is 80.5 cm³/mol. The standard InChI is InChI=1S/C18H15FN.HI/c1-20-17(12-8-14-6-10-16(19)11-7-14)13-9-15-4-2-3-5-18(15)20;/h2-13H,1H3;1H/q+1;/p-1/b12-8+;. The summed E-state index contributed by atoms with van der Waals surface area (Å²) >= 11 is 0. The van der Waals surface area contributed by atoms with Crippen LogP contribution in [0.2, 0.25) is 0 Å². The molecule has 1 aromatic heterocycles. The van der Waals surface area contributed by atoms with Crippen LogP contribution in [-0.4, -0.2) is 0 Å². The molecule has 0 radical (unpaired) electrons. The maximum atomic E-state index is 12.9. The number of fused-ring (bicyclic) bond motifs is 1. The number of para-hydroxylation sites is 1. The van der Waals surface area contributed by atoms with Crippen molar-refractivity contribution in [1.82, 2.24) is 0 Å². The highest BCUT2D eigenvalue weighted by molar-refractivity contribution is 5.77. The lowest BCUT2D eigenvalue weighted by atomic mass is 10.1. The first-order chi connectivity index (χ1) is 9.74. The van der Waals surface area contributed by atoms with Crippen molar-refractivity contribution < 1.29 is 32.9 Å². The van der Waals surface area contributed by atoms with E-state index in [4.69, 9.17) is 0 Å². The third-order valence-electron chi connectivity index (χ3n) is 3.44. The summed E-state index contributed by atoms with van der Waals surface area (Å²) in [5.74, 6) is -0.210. The maximum absolute atomic E-state index is 12.9. The Morgan fingerprint density at radius 3 is 2.33 bits per heavy atom. The van der Waals surface area contributed by atoms with Crippen LogP contribution in [0.4, 0.5) is 4.39 Å². The SMILES string of the molecule is C[n+]1c(/C=C/c2ccc(F)cc2)ccc2ccccc21.[I-]. The summed E-state index contributed by atoms with van der Waals surface area (Å²) in [7, 11) is 2.05. The quantitative estimate of drug-likeness (QED) is 0.453. The molecule has 0 atom stereocenters. The molecule has 0 N–H and O–H groups in total. The summed E-state index contributed by atoms with van der Waals surface area (Å²) in [6, 6.07) is 19.0. The molecular formula is C18H15FIN. The van der Waals surface area contributed by atoms with Crippen molar-refractivity contribution in [3.8, 4) is 0 Å². The molecular weight excluding hydrogens is 376 g/mol. The molecule has 0 saturated carbocycles. The Kier molecular flexibility index (Phi) is 5.07. The summed E-state index contributed by atoms with van der Waals surface area (Å²) in [5, 5.41) is 1.22. The van der Waals surface area contributed by atoms with Crippen LogP contribution in [0.5, 0.6) is 0 Å². The lowest BCUT2D eigenvalue weighted by Gasteiger charge is -1.99. The van der Waals surface area contributed by atoms with Crippen molar-refractivity contribution in [2.24, 2.45) is 7.05 Å². The largest absolute Gasteiger partial charge is 1.00 e. The average molecular weight is 391 g/mol. The van der Waals surface area contributed by atoms with E-state index in [1.807, 2.05) is 31.3 Å². The van der Waals surface area contributed by atoms with Crippen molar-refractivity contribution in [1.29, 1.82) is 0 Å².